The van der Waals surface area contributed by atoms with Gasteiger partial charge in [-0.25, -0.2) is 14.8 Å². The number of nitrogens with two attached hydrogens (primary N) is 1. The van der Waals surface area contributed by atoms with Crippen LogP contribution in [0, 0.1) is 0 Å². The van der Waals surface area contributed by atoms with E-state index < -0.39 is 11.9 Å². The number of esters is 1. The van der Waals surface area contributed by atoms with Crippen LogP contribution in [-0.2, 0) is 17.7 Å². The zero-order valence-corrected chi connectivity index (χ0v) is 19.9. The van der Waals surface area contributed by atoms with E-state index in [4.69, 9.17) is 10.4 Å². The van der Waals surface area contributed by atoms with Gasteiger partial charge >= 0.3 is 5.97 Å². The molecular weight excluding hydrogens is 478 g/mol. The van der Waals surface area contributed by atoms with Crippen LogP contribution in [0.1, 0.15) is 44.1 Å². The minimum absolute atomic E-state index is 0.0191. The molecule has 4 aromatic rings. The van der Waals surface area contributed by atoms with Gasteiger partial charge in [0.2, 0.25) is 11.6 Å². The summed E-state index contributed by atoms with van der Waals surface area (Å²) in [4.78, 5) is 26.8. The molecule has 0 unspecified atom stereocenters. The normalized spacial score (nSPS) is 12.9. The van der Waals surface area contributed by atoms with Crippen molar-refractivity contribution in [2.75, 3.05) is 24.3 Å². The van der Waals surface area contributed by atoms with Crippen molar-refractivity contribution >= 4 is 29.6 Å². The SMILES string of the molecule is COC(=O)c1ccc(/C=N\NC(=O)c2nnn(-c3nonc3N)c2CN2CCCc3ccccc32)cc1. The van der Waals surface area contributed by atoms with Gasteiger partial charge < -0.3 is 15.4 Å². The highest BCUT2D eigenvalue weighted by atomic mass is 16.6. The third-order valence-corrected chi connectivity index (χ3v) is 5.93. The first-order valence-corrected chi connectivity index (χ1v) is 11.4. The molecule has 0 bridgehead atoms. The Bertz CT molecular complexity index is 1460. The van der Waals surface area contributed by atoms with Gasteiger partial charge in [0, 0.05) is 12.2 Å². The van der Waals surface area contributed by atoms with Gasteiger partial charge in [0.25, 0.3) is 5.91 Å². The zero-order chi connectivity index (χ0) is 25.8. The second kappa shape index (κ2) is 10.3. The smallest absolute Gasteiger partial charge is 0.337 e. The number of ether oxygens (including phenoxy) is 1. The van der Waals surface area contributed by atoms with E-state index >= 15 is 0 Å². The summed E-state index contributed by atoms with van der Waals surface area (Å²) < 4.78 is 10.8. The number of hydrogen-bond donors (Lipinski definition) is 2. The van der Waals surface area contributed by atoms with E-state index in [1.54, 1.807) is 24.3 Å². The molecule has 1 amide bonds. The Labute approximate surface area is 210 Å². The molecule has 0 atom stereocenters. The molecule has 0 saturated carbocycles. The summed E-state index contributed by atoms with van der Waals surface area (Å²) in [6.07, 6.45) is 3.39. The van der Waals surface area contributed by atoms with Gasteiger partial charge in [-0.1, -0.05) is 35.5 Å². The number of hydrazone groups is 1. The van der Waals surface area contributed by atoms with Gasteiger partial charge in [0.05, 0.1) is 31.1 Å². The van der Waals surface area contributed by atoms with E-state index in [1.807, 2.05) is 18.2 Å². The number of methoxy groups -OCH3 is 1. The fraction of sp³-hybridized carbons (Fsp3) is 0.208. The van der Waals surface area contributed by atoms with Gasteiger partial charge in [0.1, 0.15) is 0 Å². The Kier molecular flexibility index (Phi) is 6.57. The van der Waals surface area contributed by atoms with Crippen molar-refractivity contribution in [1.29, 1.82) is 0 Å². The maximum atomic E-state index is 13.1. The Hall–Kier alpha value is -5.07. The average Bonchev–Trinajstić information content (AvgIpc) is 3.54. The number of nitrogens with one attached hydrogen (secondary N) is 1. The Balaban J connectivity index is 1.40. The van der Waals surface area contributed by atoms with Crippen LogP contribution in [0.4, 0.5) is 11.5 Å². The van der Waals surface area contributed by atoms with Crippen LogP contribution in [0.15, 0.2) is 58.3 Å². The maximum Gasteiger partial charge on any atom is 0.337 e. The topological polar surface area (TPSA) is 167 Å². The molecule has 5 rings (SSSR count). The standard InChI is InChI=1S/C24H23N9O4/c1-36-24(35)17-10-8-15(9-11-17)13-26-28-23(34)20-19(33(31-27-20)22-21(25)29-37-30-22)14-32-12-4-6-16-5-2-3-7-18(16)32/h2-3,5,7-11,13H,4,6,12,14H2,1H3,(H2,25,29)(H,28,34)/b26-13-. The molecule has 13 nitrogen and oxygen atoms in total. The van der Waals surface area contributed by atoms with Gasteiger partial charge in [-0.15, -0.1) is 5.10 Å². The summed E-state index contributed by atoms with van der Waals surface area (Å²) in [6, 6.07) is 14.7. The summed E-state index contributed by atoms with van der Waals surface area (Å²) in [7, 11) is 1.31. The second-order valence-electron chi connectivity index (χ2n) is 8.24. The molecule has 0 spiro atoms. The summed E-state index contributed by atoms with van der Waals surface area (Å²) in [5.41, 5.74) is 12.3. The molecule has 0 aliphatic carbocycles. The summed E-state index contributed by atoms with van der Waals surface area (Å²) in [5.74, 6) is -0.845. The van der Waals surface area contributed by atoms with E-state index in [0.717, 1.165) is 25.1 Å². The van der Waals surface area contributed by atoms with E-state index in [-0.39, 0.29) is 17.3 Å². The Morgan fingerprint density at radius 2 is 2.00 bits per heavy atom. The molecule has 0 fully saturated rings. The number of rotatable bonds is 7. The highest BCUT2D eigenvalue weighted by Gasteiger charge is 2.27. The van der Waals surface area contributed by atoms with Gasteiger partial charge in [-0.2, -0.15) is 9.78 Å². The highest BCUT2D eigenvalue weighted by molar-refractivity contribution is 5.94. The van der Waals surface area contributed by atoms with Crippen molar-refractivity contribution in [2.45, 2.75) is 19.4 Å². The van der Waals surface area contributed by atoms with Gasteiger partial charge in [0.15, 0.2) is 5.69 Å². The van der Waals surface area contributed by atoms with E-state index in [1.165, 1.54) is 23.6 Å². The molecule has 2 aromatic carbocycles. The first kappa shape index (κ1) is 23.7. The molecule has 0 saturated heterocycles. The fourth-order valence-corrected chi connectivity index (χ4v) is 4.13. The number of aromatic nitrogens is 5. The number of hydrogen-bond acceptors (Lipinski definition) is 11. The minimum atomic E-state index is -0.566. The molecule has 188 valence electrons. The predicted octanol–water partition coefficient (Wildman–Crippen LogP) is 1.74. The lowest BCUT2D eigenvalue weighted by atomic mass is 10.0. The number of fused-ring (bicyclic) bond motifs is 1. The molecule has 13 heteroatoms. The summed E-state index contributed by atoms with van der Waals surface area (Å²) >= 11 is 0. The van der Waals surface area contributed by atoms with Crippen LogP contribution in [0.5, 0.6) is 0 Å². The minimum Gasteiger partial charge on any atom is -0.465 e. The predicted molar refractivity (Wildman–Crippen MR) is 132 cm³/mol. The van der Waals surface area contributed by atoms with Crippen molar-refractivity contribution in [3.63, 3.8) is 0 Å². The van der Waals surface area contributed by atoms with Crippen molar-refractivity contribution in [1.82, 2.24) is 30.7 Å². The molecule has 3 heterocycles. The largest absolute Gasteiger partial charge is 0.465 e. The molecule has 3 N–H and O–H groups in total. The van der Waals surface area contributed by atoms with Gasteiger partial charge in [-0.3, -0.25) is 4.79 Å². The van der Waals surface area contributed by atoms with Crippen LogP contribution in [-0.4, -0.2) is 57.1 Å². The van der Waals surface area contributed by atoms with Crippen LogP contribution < -0.4 is 16.1 Å². The van der Waals surface area contributed by atoms with Crippen LogP contribution in [0.2, 0.25) is 0 Å². The zero-order valence-electron chi connectivity index (χ0n) is 19.9. The van der Waals surface area contributed by atoms with Crippen molar-refractivity contribution in [3.8, 4) is 5.82 Å². The lowest BCUT2D eigenvalue weighted by molar-refractivity contribution is 0.0600. The van der Waals surface area contributed by atoms with Crippen molar-refractivity contribution in [3.05, 3.63) is 76.6 Å². The molecule has 0 radical (unpaired) electrons. The Morgan fingerprint density at radius 3 is 2.76 bits per heavy atom. The number of nitrogen functional groups attached to an aromatic ring is 1. The number of amides is 1. The third-order valence-electron chi connectivity index (χ3n) is 5.93. The fourth-order valence-electron chi connectivity index (χ4n) is 4.13. The van der Waals surface area contributed by atoms with Crippen LogP contribution in [0.25, 0.3) is 5.82 Å². The number of carbonyl (C=O) groups excluding carboxylic acids is 2. The van der Waals surface area contributed by atoms with Crippen LogP contribution >= 0.6 is 0 Å². The third kappa shape index (κ3) is 4.87. The van der Waals surface area contributed by atoms with Crippen molar-refractivity contribution in [2.24, 2.45) is 5.10 Å². The number of carbonyl (C=O) groups is 2. The molecule has 1 aliphatic rings. The van der Waals surface area contributed by atoms with E-state index in [0.29, 0.717) is 23.4 Å². The molecule has 2 aromatic heterocycles. The Morgan fingerprint density at radius 1 is 1.19 bits per heavy atom. The van der Waals surface area contributed by atoms with Gasteiger partial charge in [-0.05, 0) is 52.5 Å². The quantitative estimate of drug-likeness (QED) is 0.216. The number of para-hydroxylation sites is 1. The maximum absolute atomic E-state index is 13.1. The second-order valence-corrected chi connectivity index (χ2v) is 8.24. The first-order valence-electron chi connectivity index (χ1n) is 11.4. The lowest BCUT2D eigenvalue weighted by Gasteiger charge is -2.31. The summed E-state index contributed by atoms with van der Waals surface area (Å²) in [5, 5.41) is 19.6. The number of nitrogens with zero attached hydrogens (tertiary/aromatic N) is 7. The monoisotopic (exact) mass is 501 g/mol. The molecule has 37 heavy (non-hydrogen) atoms. The summed E-state index contributed by atoms with van der Waals surface area (Å²) in [6.45, 7) is 1.10. The average molecular weight is 502 g/mol. The highest BCUT2D eigenvalue weighted by Crippen LogP contribution is 2.29. The number of anilines is 2. The molecule has 1 aliphatic heterocycles. The number of benzene rings is 2. The number of aryl methyl sites for hydroxylation is 1. The first-order chi connectivity index (χ1) is 18.0. The molecular formula is C24H23N9O4. The van der Waals surface area contributed by atoms with Crippen LogP contribution in [0.3, 0.4) is 0 Å². The lowest BCUT2D eigenvalue weighted by Crippen LogP contribution is -2.31. The van der Waals surface area contributed by atoms with E-state index in [9.17, 15) is 9.59 Å². The van der Waals surface area contributed by atoms with E-state index in [2.05, 4.69) is 46.9 Å². The van der Waals surface area contributed by atoms with Crippen molar-refractivity contribution < 1.29 is 19.0 Å².